The van der Waals surface area contributed by atoms with Crippen molar-refractivity contribution < 1.29 is 18.8 Å². The van der Waals surface area contributed by atoms with Crippen LogP contribution in [0.2, 0.25) is 0 Å². The third kappa shape index (κ3) is 5.73. The molecule has 1 aromatic carbocycles. The summed E-state index contributed by atoms with van der Waals surface area (Å²) in [5.74, 6) is -0.115. The first-order valence-electron chi connectivity index (χ1n) is 9.05. The molecule has 1 saturated heterocycles. The Morgan fingerprint density at radius 3 is 2.44 bits per heavy atom. The zero-order valence-corrected chi connectivity index (χ0v) is 18.4. The molecule has 0 aromatic heterocycles. The van der Waals surface area contributed by atoms with Gasteiger partial charge in [-0.3, -0.25) is 0 Å². The molecule has 0 saturated carbocycles. The molecule has 1 aliphatic rings. The van der Waals surface area contributed by atoms with Gasteiger partial charge in [0.1, 0.15) is 33.8 Å². The molecule has 6 atom stereocenters. The molecule has 0 spiro atoms. The van der Waals surface area contributed by atoms with Crippen molar-refractivity contribution in [1.29, 1.82) is 0 Å². The van der Waals surface area contributed by atoms with Crippen LogP contribution in [0.5, 0.6) is 0 Å². The molecule has 1 fully saturated rings. The number of benzene rings is 1. The molecule has 1 heterocycles. The summed E-state index contributed by atoms with van der Waals surface area (Å²) < 4.78 is 28.0. The fraction of sp³-hybridized carbons (Fsp3) is 0.600. The van der Waals surface area contributed by atoms with Crippen LogP contribution in [0.15, 0.2) is 34.7 Å². The summed E-state index contributed by atoms with van der Waals surface area (Å²) in [6.07, 6.45) is 2.52. The van der Waals surface area contributed by atoms with Crippen molar-refractivity contribution in [3.8, 4) is 0 Å². The van der Waals surface area contributed by atoms with Crippen LogP contribution < -0.4 is 0 Å². The van der Waals surface area contributed by atoms with Gasteiger partial charge in [0.2, 0.25) is 0 Å². The second-order valence-corrected chi connectivity index (χ2v) is 10.6. The van der Waals surface area contributed by atoms with Crippen LogP contribution in [0.4, 0.5) is 0 Å². The predicted octanol–water partition coefficient (Wildman–Crippen LogP) is 4.11. The Balaban J connectivity index is 2.22. The van der Waals surface area contributed by atoms with E-state index in [1.165, 1.54) is 0 Å². The number of esters is 1. The maximum absolute atomic E-state index is 12.6. The van der Waals surface area contributed by atoms with Gasteiger partial charge in [-0.15, -0.1) is 11.8 Å². The van der Waals surface area contributed by atoms with Crippen molar-refractivity contribution in [3.63, 3.8) is 0 Å². The first-order valence-corrected chi connectivity index (χ1v) is 11.4. The summed E-state index contributed by atoms with van der Waals surface area (Å²) in [5.41, 5.74) is 0.462. The molecule has 0 radical (unpaired) electrons. The second kappa shape index (κ2) is 9.45. The van der Waals surface area contributed by atoms with E-state index in [2.05, 4.69) is 18.2 Å². The predicted molar refractivity (Wildman–Crippen MR) is 113 cm³/mol. The Kier molecular flexibility index (Phi) is 7.80. The van der Waals surface area contributed by atoms with Crippen LogP contribution in [0.3, 0.4) is 0 Å². The van der Waals surface area contributed by atoms with Crippen molar-refractivity contribution in [2.75, 3.05) is 6.26 Å². The maximum Gasteiger partial charge on any atom is 0.338 e. The quantitative estimate of drug-likeness (QED) is 0.414. The van der Waals surface area contributed by atoms with Gasteiger partial charge in [0, 0.05) is 5.92 Å². The highest BCUT2D eigenvalue weighted by Crippen LogP contribution is 2.37. The molecular formula is C20H29NO4S2. The lowest BCUT2D eigenvalue weighted by Crippen LogP contribution is -2.51. The van der Waals surface area contributed by atoms with Crippen molar-refractivity contribution in [1.82, 2.24) is 0 Å². The molecule has 150 valence electrons. The number of hydrogen-bond donors (Lipinski definition) is 0. The molecule has 1 aromatic rings. The monoisotopic (exact) mass is 411 g/mol. The van der Waals surface area contributed by atoms with E-state index < -0.39 is 28.3 Å². The largest absolute Gasteiger partial charge is 0.591 e. The second-order valence-electron chi connectivity index (χ2n) is 7.77. The fourth-order valence-electron chi connectivity index (χ4n) is 2.81. The highest BCUT2D eigenvalue weighted by molar-refractivity contribution is 7.99. The lowest BCUT2D eigenvalue weighted by atomic mass is 9.85. The minimum atomic E-state index is -1.39. The van der Waals surface area contributed by atoms with E-state index in [4.69, 9.17) is 9.47 Å². The van der Waals surface area contributed by atoms with E-state index >= 15 is 0 Å². The smallest absolute Gasteiger partial charge is 0.338 e. The first-order chi connectivity index (χ1) is 12.6. The van der Waals surface area contributed by atoms with E-state index in [0.29, 0.717) is 5.56 Å². The lowest BCUT2D eigenvalue weighted by molar-refractivity contribution is -0.113. The molecule has 0 N–H and O–H groups in total. The molecule has 1 aliphatic heterocycles. The number of ether oxygens (including phenoxy) is 2. The summed E-state index contributed by atoms with van der Waals surface area (Å²) in [7, 11) is 0. The SMILES string of the molecule is CSC1O[C@H](C=N[S+]([O-])C(C)(C)C)C(OC(=O)c2ccccc2)[C@@H](C)[C@H]1C. The Morgan fingerprint density at radius 2 is 1.89 bits per heavy atom. The summed E-state index contributed by atoms with van der Waals surface area (Å²) in [5, 5.41) is 0. The van der Waals surface area contributed by atoms with Gasteiger partial charge in [-0.1, -0.05) is 36.4 Å². The summed E-state index contributed by atoms with van der Waals surface area (Å²) in [4.78, 5) is 12.6. The number of carbonyl (C=O) groups is 1. The zero-order valence-electron chi connectivity index (χ0n) is 16.7. The van der Waals surface area contributed by atoms with Gasteiger partial charge in [0.25, 0.3) is 0 Å². The number of rotatable bonds is 5. The van der Waals surface area contributed by atoms with Gasteiger partial charge in [-0.25, -0.2) is 4.79 Å². The molecular weight excluding hydrogens is 382 g/mol. The Labute approximate surface area is 169 Å². The van der Waals surface area contributed by atoms with E-state index in [0.717, 1.165) is 0 Å². The van der Waals surface area contributed by atoms with Crippen molar-refractivity contribution in [3.05, 3.63) is 35.9 Å². The minimum absolute atomic E-state index is 0.0359. The van der Waals surface area contributed by atoms with Crippen molar-refractivity contribution in [2.45, 2.75) is 57.0 Å². The van der Waals surface area contributed by atoms with Gasteiger partial charge in [-0.05, 0) is 45.1 Å². The third-order valence-corrected chi connectivity index (χ3v) is 7.07. The number of thioether (sulfide) groups is 1. The van der Waals surface area contributed by atoms with Crippen LogP contribution in [0.1, 0.15) is 45.0 Å². The standard InChI is InChI=1S/C20H29NO4S2/c1-13-14(2)19(26-6)24-16(12-21-27(23)20(3,4)5)17(13)25-18(22)15-10-8-7-9-11-15/h7-14,16-17,19H,1-6H3/t13-,14+,16+,17?,19?,27?/m0/s1. The topological polar surface area (TPSA) is 70.9 Å². The Morgan fingerprint density at radius 1 is 1.26 bits per heavy atom. The lowest BCUT2D eigenvalue weighted by Gasteiger charge is -2.42. The maximum atomic E-state index is 12.6. The Bertz CT molecular complexity index is 647. The minimum Gasteiger partial charge on any atom is -0.591 e. The highest BCUT2D eigenvalue weighted by atomic mass is 32.2. The summed E-state index contributed by atoms with van der Waals surface area (Å²) in [6, 6.07) is 8.90. The van der Waals surface area contributed by atoms with Crippen LogP contribution in [-0.4, -0.2) is 45.4 Å². The van der Waals surface area contributed by atoms with E-state index in [1.807, 2.05) is 33.1 Å². The van der Waals surface area contributed by atoms with Crippen molar-refractivity contribution >= 4 is 35.3 Å². The third-order valence-electron chi connectivity index (χ3n) is 4.70. The zero-order chi connectivity index (χ0) is 20.2. The number of nitrogens with zero attached hydrogens (tertiary/aromatic N) is 1. The van der Waals surface area contributed by atoms with Crippen LogP contribution in [0.25, 0.3) is 0 Å². The van der Waals surface area contributed by atoms with Gasteiger partial charge < -0.3 is 14.0 Å². The van der Waals surface area contributed by atoms with E-state index in [1.54, 1.807) is 42.2 Å². The molecule has 5 nitrogen and oxygen atoms in total. The average molecular weight is 412 g/mol. The van der Waals surface area contributed by atoms with Gasteiger partial charge in [0.05, 0.1) is 11.8 Å². The van der Waals surface area contributed by atoms with Crippen LogP contribution in [0, 0.1) is 11.8 Å². The number of carbonyl (C=O) groups excluding carboxylic acids is 1. The van der Waals surface area contributed by atoms with Crippen molar-refractivity contribution in [2.24, 2.45) is 16.2 Å². The summed E-state index contributed by atoms with van der Waals surface area (Å²) in [6.45, 7) is 9.75. The average Bonchev–Trinajstić information content (AvgIpc) is 2.64. The molecule has 3 unspecified atom stereocenters. The van der Waals surface area contributed by atoms with Crippen LogP contribution in [-0.2, 0) is 20.8 Å². The van der Waals surface area contributed by atoms with Crippen LogP contribution >= 0.6 is 11.8 Å². The van der Waals surface area contributed by atoms with Gasteiger partial charge >= 0.3 is 5.97 Å². The number of hydrogen-bond acceptors (Lipinski definition) is 6. The van der Waals surface area contributed by atoms with E-state index in [9.17, 15) is 9.35 Å². The van der Waals surface area contributed by atoms with E-state index in [-0.39, 0.29) is 23.2 Å². The normalized spacial score (nSPS) is 30.3. The molecule has 2 rings (SSSR count). The Hall–Kier alpha value is -1.02. The first kappa shape index (κ1) is 22.3. The highest BCUT2D eigenvalue weighted by Gasteiger charge is 2.43. The van der Waals surface area contributed by atoms with Gasteiger partial charge in [0.15, 0.2) is 0 Å². The molecule has 0 aliphatic carbocycles. The molecule has 27 heavy (non-hydrogen) atoms. The van der Waals surface area contributed by atoms with Gasteiger partial charge in [-0.2, -0.15) is 0 Å². The molecule has 0 bridgehead atoms. The fourth-order valence-corrected chi connectivity index (χ4v) is 4.27. The summed E-state index contributed by atoms with van der Waals surface area (Å²) >= 11 is 0.225. The molecule has 0 amide bonds. The molecule has 7 heteroatoms.